The van der Waals surface area contributed by atoms with Crippen LogP contribution >= 0.6 is 23.2 Å². The molecule has 3 unspecified atom stereocenters. The Morgan fingerprint density at radius 3 is 2.69 bits per heavy atom. The minimum absolute atomic E-state index is 0.0396. The van der Waals surface area contributed by atoms with E-state index in [4.69, 9.17) is 23.2 Å². The lowest BCUT2D eigenvalue weighted by molar-refractivity contribution is -0.121. The number of carbonyl (C=O) groups is 1. The van der Waals surface area contributed by atoms with Crippen molar-refractivity contribution in [1.82, 2.24) is 4.98 Å². The lowest BCUT2D eigenvalue weighted by atomic mass is 9.74. The monoisotopic (exact) mass is 398 g/mol. The van der Waals surface area contributed by atoms with Gasteiger partial charge in [0, 0.05) is 12.1 Å². The predicted octanol–water partition coefficient (Wildman–Crippen LogP) is 4.26. The average molecular weight is 399 g/mol. The molecular weight excluding hydrogens is 385 g/mol. The van der Waals surface area contributed by atoms with Gasteiger partial charge in [0.05, 0.1) is 15.7 Å². The zero-order valence-corrected chi connectivity index (χ0v) is 14.9. The second kappa shape index (κ2) is 6.35. The van der Waals surface area contributed by atoms with Gasteiger partial charge in [-0.2, -0.15) is 0 Å². The molecule has 0 saturated heterocycles. The van der Waals surface area contributed by atoms with Crippen molar-refractivity contribution in [2.45, 2.75) is 25.2 Å². The zero-order chi connectivity index (χ0) is 18.6. The summed E-state index contributed by atoms with van der Waals surface area (Å²) in [5.41, 5.74) is 0.266. The normalized spacial score (nSPS) is 23.6. The molecule has 3 atom stereocenters. The molecule has 2 aliphatic carbocycles. The van der Waals surface area contributed by atoms with Gasteiger partial charge < -0.3 is 10.3 Å². The molecule has 2 aromatic rings. The van der Waals surface area contributed by atoms with E-state index in [1.54, 1.807) is 0 Å². The van der Waals surface area contributed by atoms with Gasteiger partial charge in [0.1, 0.15) is 5.82 Å². The van der Waals surface area contributed by atoms with E-state index in [-0.39, 0.29) is 33.5 Å². The SMILES string of the molecule is O=C(Nc1cc(Cl)c(Cl)cc1F)C1C2CCC1c1c[nH]c(=O)c(F)c1C2. The summed E-state index contributed by atoms with van der Waals surface area (Å²) in [5.74, 6) is -2.50. The highest BCUT2D eigenvalue weighted by Crippen LogP contribution is 2.50. The van der Waals surface area contributed by atoms with Gasteiger partial charge in [0.25, 0.3) is 5.56 Å². The first-order valence-electron chi connectivity index (χ1n) is 8.22. The van der Waals surface area contributed by atoms with Gasteiger partial charge in [-0.25, -0.2) is 8.78 Å². The van der Waals surface area contributed by atoms with Crippen molar-refractivity contribution in [3.05, 3.63) is 61.5 Å². The lowest BCUT2D eigenvalue weighted by Gasteiger charge is -2.31. The summed E-state index contributed by atoms with van der Waals surface area (Å²) in [4.78, 5) is 26.7. The molecule has 2 aliphatic rings. The summed E-state index contributed by atoms with van der Waals surface area (Å²) in [7, 11) is 0. The Hall–Kier alpha value is -1.92. The van der Waals surface area contributed by atoms with Crippen LogP contribution in [0.25, 0.3) is 0 Å². The fourth-order valence-corrected chi connectivity index (χ4v) is 4.56. The Morgan fingerprint density at radius 2 is 1.92 bits per heavy atom. The first-order chi connectivity index (χ1) is 12.4. The number of hydrogen-bond acceptors (Lipinski definition) is 2. The van der Waals surface area contributed by atoms with E-state index < -0.39 is 23.1 Å². The number of aromatic nitrogens is 1. The highest BCUT2D eigenvalue weighted by Gasteiger charge is 2.47. The molecule has 1 aromatic carbocycles. The van der Waals surface area contributed by atoms with Crippen molar-refractivity contribution < 1.29 is 13.6 Å². The number of H-pyrrole nitrogens is 1. The smallest absolute Gasteiger partial charge is 0.284 e. The molecule has 0 aliphatic heterocycles. The van der Waals surface area contributed by atoms with E-state index >= 15 is 0 Å². The summed E-state index contributed by atoms with van der Waals surface area (Å²) in [5, 5.41) is 2.78. The fourth-order valence-electron chi connectivity index (χ4n) is 4.25. The number of anilines is 1. The Morgan fingerprint density at radius 1 is 1.19 bits per heavy atom. The predicted molar refractivity (Wildman–Crippen MR) is 94.7 cm³/mol. The number of pyridine rings is 1. The van der Waals surface area contributed by atoms with E-state index in [1.807, 2.05) is 0 Å². The number of hydrogen-bond donors (Lipinski definition) is 2. The van der Waals surface area contributed by atoms with Crippen molar-refractivity contribution >= 4 is 34.8 Å². The number of rotatable bonds is 2. The molecule has 1 fully saturated rings. The third-order valence-electron chi connectivity index (χ3n) is 5.40. The highest BCUT2D eigenvalue weighted by molar-refractivity contribution is 6.42. The van der Waals surface area contributed by atoms with E-state index in [0.29, 0.717) is 24.0 Å². The van der Waals surface area contributed by atoms with Crippen LogP contribution in [0.15, 0.2) is 23.1 Å². The number of amides is 1. The van der Waals surface area contributed by atoms with Gasteiger partial charge in [0.2, 0.25) is 5.91 Å². The van der Waals surface area contributed by atoms with Gasteiger partial charge in [-0.15, -0.1) is 0 Å². The quantitative estimate of drug-likeness (QED) is 0.742. The Kier molecular flexibility index (Phi) is 4.28. The topological polar surface area (TPSA) is 62.0 Å². The fraction of sp³-hybridized carbons (Fsp3) is 0.333. The molecule has 136 valence electrons. The molecule has 1 amide bonds. The van der Waals surface area contributed by atoms with Gasteiger partial charge in [-0.05, 0) is 54.4 Å². The van der Waals surface area contributed by atoms with Crippen LogP contribution in [-0.2, 0) is 11.2 Å². The lowest BCUT2D eigenvalue weighted by Crippen LogP contribution is -2.35. The van der Waals surface area contributed by atoms with Crippen molar-refractivity contribution in [1.29, 1.82) is 0 Å². The molecule has 0 radical (unpaired) electrons. The molecule has 1 aromatic heterocycles. The molecule has 4 rings (SSSR count). The van der Waals surface area contributed by atoms with E-state index in [0.717, 1.165) is 12.5 Å². The molecular formula is C18H14Cl2F2N2O2. The van der Waals surface area contributed by atoms with E-state index in [1.165, 1.54) is 12.3 Å². The zero-order valence-electron chi connectivity index (χ0n) is 13.4. The minimum Gasteiger partial charge on any atom is -0.326 e. The van der Waals surface area contributed by atoms with Crippen molar-refractivity contribution in [3.8, 4) is 0 Å². The number of aromatic amines is 1. The number of benzene rings is 1. The molecule has 1 saturated carbocycles. The molecule has 1 heterocycles. The summed E-state index contributed by atoms with van der Waals surface area (Å²) in [6, 6.07) is 2.32. The van der Waals surface area contributed by atoms with Crippen LogP contribution in [0.2, 0.25) is 10.0 Å². The third kappa shape index (κ3) is 2.72. The van der Waals surface area contributed by atoms with Crippen LogP contribution in [0.5, 0.6) is 0 Å². The molecule has 26 heavy (non-hydrogen) atoms. The van der Waals surface area contributed by atoms with Crippen LogP contribution < -0.4 is 10.9 Å². The maximum atomic E-state index is 14.1. The first kappa shape index (κ1) is 17.5. The molecule has 0 spiro atoms. The van der Waals surface area contributed by atoms with Crippen molar-refractivity contribution in [3.63, 3.8) is 0 Å². The summed E-state index contributed by atoms with van der Waals surface area (Å²) < 4.78 is 28.2. The molecule has 4 nitrogen and oxygen atoms in total. The number of nitrogens with one attached hydrogen (secondary N) is 2. The maximum Gasteiger partial charge on any atom is 0.284 e. The minimum atomic E-state index is -0.770. The van der Waals surface area contributed by atoms with Gasteiger partial charge in [0.15, 0.2) is 5.82 Å². The Labute approximate surface area is 157 Å². The molecule has 2 N–H and O–H groups in total. The van der Waals surface area contributed by atoms with Crippen molar-refractivity contribution in [2.75, 3.05) is 5.32 Å². The highest BCUT2D eigenvalue weighted by atomic mass is 35.5. The molecule has 8 heteroatoms. The van der Waals surface area contributed by atoms with E-state index in [2.05, 4.69) is 10.3 Å². The van der Waals surface area contributed by atoms with Gasteiger partial charge in [-0.1, -0.05) is 23.2 Å². The number of fused-ring (bicyclic) bond motifs is 4. The Balaban J connectivity index is 1.65. The largest absolute Gasteiger partial charge is 0.326 e. The average Bonchev–Trinajstić information content (AvgIpc) is 2.91. The summed E-state index contributed by atoms with van der Waals surface area (Å²) >= 11 is 11.7. The second-order valence-corrected chi connectivity index (χ2v) is 7.59. The standard InChI is InChI=1S/C18H14Cl2F2N2O2/c19-11-4-13(21)14(5-12(11)20)24-17(25)15-7-1-2-8(15)10-6-23-18(26)16(22)9(10)3-7/h4-8,15H,1-3H2,(H,23,26)(H,24,25). The second-order valence-electron chi connectivity index (χ2n) is 6.77. The van der Waals surface area contributed by atoms with Crippen LogP contribution in [0.1, 0.15) is 29.9 Å². The van der Waals surface area contributed by atoms with Crippen LogP contribution in [0.3, 0.4) is 0 Å². The van der Waals surface area contributed by atoms with Gasteiger partial charge >= 0.3 is 0 Å². The third-order valence-corrected chi connectivity index (χ3v) is 6.12. The number of carbonyl (C=O) groups excluding carboxylic acids is 1. The van der Waals surface area contributed by atoms with Crippen LogP contribution in [-0.4, -0.2) is 10.9 Å². The maximum absolute atomic E-state index is 14.1. The van der Waals surface area contributed by atoms with Crippen molar-refractivity contribution in [2.24, 2.45) is 11.8 Å². The number of halogens is 4. The van der Waals surface area contributed by atoms with Crippen LogP contribution in [0.4, 0.5) is 14.5 Å². The van der Waals surface area contributed by atoms with Crippen LogP contribution in [0, 0.1) is 23.5 Å². The van der Waals surface area contributed by atoms with Gasteiger partial charge in [-0.3, -0.25) is 9.59 Å². The Bertz CT molecular complexity index is 976. The summed E-state index contributed by atoms with van der Waals surface area (Å²) in [6.45, 7) is 0. The first-order valence-corrected chi connectivity index (χ1v) is 8.97. The molecule has 2 bridgehead atoms. The summed E-state index contributed by atoms with van der Waals surface area (Å²) in [6.07, 6.45) is 3.27. The van der Waals surface area contributed by atoms with E-state index in [9.17, 15) is 18.4 Å².